The number of aryl methyl sites for hydroxylation is 1. The summed E-state index contributed by atoms with van der Waals surface area (Å²) in [4.78, 5) is 18.3. The third-order valence-corrected chi connectivity index (χ3v) is 4.04. The van der Waals surface area contributed by atoms with Crippen LogP contribution in [0.3, 0.4) is 0 Å². The average molecular weight is 264 g/mol. The molecule has 2 atom stereocenters. The Labute approximate surface area is 114 Å². The molecule has 0 saturated carbocycles. The van der Waals surface area contributed by atoms with E-state index in [1.807, 2.05) is 15.7 Å². The van der Waals surface area contributed by atoms with Crippen molar-refractivity contribution >= 4 is 5.91 Å². The Balaban J connectivity index is 1.81. The smallest absolute Gasteiger partial charge is 0.222 e. The number of rotatable bonds is 5. The number of amides is 1. The van der Waals surface area contributed by atoms with Crippen LogP contribution < -0.4 is 5.73 Å². The number of nitrogens with two attached hydrogens (primary N) is 1. The number of hydrogen-bond acceptors (Lipinski definition) is 3. The van der Waals surface area contributed by atoms with Crippen LogP contribution in [0.15, 0.2) is 18.7 Å². The van der Waals surface area contributed by atoms with Gasteiger partial charge in [-0.15, -0.1) is 0 Å². The molecule has 106 valence electrons. The largest absolute Gasteiger partial charge is 0.338 e. The first-order valence-electron chi connectivity index (χ1n) is 7.17. The summed E-state index contributed by atoms with van der Waals surface area (Å²) in [6.07, 6.45) is 9.22. The highest BCUT2D eigenvalue weighted by molar-refractivity contribution is 5.76. The van der Waals surface area contributed by atoms with Gasteiger partial charge >= 0.3 is 0 Å². The van der Waals surface area contributed by atoms with Crippen LogP contribution in [-0.2, 0) is 11.3 Å². The molecule has 2 rings (SSSR count). The van der Waals surface area contributed by atoms with E-state index in [0.29, 0.717) is 18.9 Å². The molecular formula is C14H24N4O. The van der Waals surface area contributed by atoms with Gasteiger partial charge in [-0.3, -0.25) is 4.79 Å². The lowest BCUT2D eigenvalue weighted by Gasteiger charge is -2.39. The van der Waals surface area contributed by atoms with Gasteiger partial charge in [0.15, 0.2) is 0 Å². The van der Waals surface area contributed by atoms with Crippen LogP contribution in [0.2, 0.25) is 0 Å². The zero-order chi connectivity index (χ0) is 13.7. The molecule has 0 aliphatic carbocycles. The van der Waals surface area contributed by atoms with Crippen LogP contribution in [0.4, 0.5) is 0 Å². The van der Waals surface area contributed by atoms with Gasteiger partial charge in [0.2, 0.25) is 5.91 Å². The molecule has 1 aliphatic heterocycles. The molecule has 0 radical (unpaired) electrons. The molecule has 1 fully saturated rings. The van der Waals surface area contributed by atoms with E-state index in [1.165, 1.54) is 6.42 Å². The van der Waals surface area contributed by atoms with E-state index in [9.17, 15) is 4.79 Å². The first-order valence-corrected chi connectivity index (χ1v) is 7.17. The summed E-state index contributed by atoms with van der Waals surface area (Å²) in [6, 6.07) is 0.231. The molecule has 2 N–H and O–H groups in total. The maximum atomic E-state index is 12.3. The highest BCUT2D eigenvalue weighted by Crippen LogP contribution is 2.23. The maximum absolute atomic E-state index is 12.3. The average Bonchev–Trinajstić information content (AvgIpc) is 2.91. The Morgan fingerprint density at radius 1 is 1.53 bits per heavy atom. The van der Waals surface area contributed by atoms with E-state index in [-0.39, 0.29) is 11.9 Å². The number of hydrogen-bond donors (Lipinski definition) is 1. The minimum atomic E-state index is 0.231. The zero-order valence-corrected chi connectivity index (χ0v) is 11.7. The van der Waals surface area contributed by atoms with Gasteiger partial charge in [0, 0.05) is 44.5 Å². The Bertz CT molecular complexity index is 390. The molecule has 1 saturated heterocycles. The van der Waals surface area contributed by atoms with Crippen molar-refractivity contribution in [1.29, 1.82) is 0 Å². The van der Waals surface area contributed by atoms with Crippen LogP contribution in [0.5, 0.6) is 0 Å². The summed E-state index contributed by atoms with van der Waals surface area (Å²) >= 11 is 0. The van der Waals surface area contributed by atoms with E-state index in [1.54, 1.807) is 12.5 Å². The zero-order valence-electron chi connectivity index (χ0n) is 11.7. The molecule has 1 aliphatic rings. The van der Waals surface area contributed by atoms with Crippen molar-refractivity contribution in [2.45, 2.75) is 45.2 Å². The summed E-state index contributed by atoms with van der Waals surface area (Å²) in [5.41, 5.74) is 5.82. The molecule has 5 nitrogen and oxygen atoms in total. The van der Waals surface area contributed by atoms with Crippen molar-refractivity contribution in [1.82, 2.24) is 14.5 Å². The number of imidazole rings is 1. The molecule has 1 amide bonds. The lowest BCUT2D eigenvalue weighted by molar-refractivity contribution is -0.136. The molecule has 0 spiro atoms. The third-order valence-electron chi connectivity index (χ3n) is 4.04. The van der Waals surface area contributed by atoms with Crippen LogP contribution in [0.1, 0.15) is 32.6 Å². The summed E-state index contributed by atoms with van der Waals surface area (Å²) in [5, 5.41) is 0. The van der Waals surface area contributed by atoms with Crippen LogP contribution in [0, 0.1) is 5.92 Å². The minimum absolute atomic E-state index is 0.231. The monoisotopic (exact) mass is 264 g/mol. The number of piperidine rings is 1. The van der Waals surface area contributed by atoms with E-state index in [2.05, 4.69) is 11.9 Å². The quantitative estimate of drug-likeness (QED) is 0.870. The van der Waals surface area contributed by atoms with Crippen molar-refractivity contribution in [3.05, 3.63) is 18.7 Å². The van der Waals surface area contributed by atoms with Gasteiger partial charge in [-0.1, -0.05) is 6.92 Å². The summed E-state index contributed by atoms with van der Waals surface area (Å²) in [5.74, 6) is 0.776. The number of nitrogens with zero attached hydrogens (tertiary/aromatic N) is 3. The van der Waals surface area contributed by atoms with Gasteiger partial charge < -0.3 is 15.2 Å². The summed E-state index contributed by atoms with van der Waals surface area (Å²) < 4.78 is 2.01. The van der Waals surface area contributed by atoms with Gasteiger partial charge in [-0.25, -0.2) is 4.98 Å². The van der Waals surface area contributed by atoms with Crippen molar-refractivity contribution in [2.24, 2.45) is 11.7 Å². The Morgan fingerprint density at radius 3 is 3.05 bits per heavy atom. The van der Waals surface area contributed by atoms with E-state index in [4.69, 9.17) is 5.73 Å². The molecule has 1 aromatic heterocycles. The maximum Gasteiger partial charge on any atom is 0.222 e. The molecule has 5 heteroatoms. The SMILES string of the molecule is CC1CCCN(C(=O)CCCn2ccnc2)C1CN. The first-order chi connectivity index (χ1) is 9.22. The van der Waals surface area contributed by atoms with Gasteiger partial charge in [0.25, 0.3) is 0 Å². The van der Waals surface area contributed by atoms with E-state index in [0.717, 1.165) is 25.9 Å². The number of aromatic nitrogens is 2. The number of carbonyl (C=O) groups is 1. The molecular weight excluding hydrogens is 240 g/mol. The highest BCUT2D eigenvalue weighted by atomic mass is 16.2. The van der Waals surface area contributed by atoms with Gasteiger partial charge in [0.05, 0.1) is 6.33 Å². The second-order valence-corrected chi connectivity index (χ2v) is 5.41. The lowest BCUT2D eigenvalue weighted by Crippen LogP contribution is -2.51. The van der Waals surface area contributed by atoms with E-state index < -0.39 is 0 Å². The normalized spacial score (nSPS) is 23.6. The fraction of sp³-hybridized carbons (Fsp3) is 0.714. The standard InChI is InChI=1S/C14H24N4O/c1-12-4-2-8-18(13(12)10-15)14(19)5-3-7-17-9-6-16-11-17/h6,9,11-13H,2-5,7-8,10,15H2,1H3. The molecule has 2 unspecified atom stereocenters. The molecule has 0 bridgehead atoms. The van der Waals surface area contributed by atoms with Crippen LogP contribution >= 0.6 is 0 Å². The van der Waals surface area contributed by atoms with Crippen molar-refractivity contribution in [3.8, 4) is 0 Å². The van der Waals surface area contributed by atoms with Crippen molar-refractivity contribution in [2.75, 3.05) is 13.1 Å². The Morgan fingerprint density at radius 2 is 2.37 bits per heavy atom. The molecule has 2 heterocycles. The topological polar surface area (TPSA) is 64.2 Å². The molecule has 1 aromatic rings. The Hall–Kier alpha value is -1.36. The van der Waals surface area contributed by atoms with E-state index >= 15 is 0 Å². The summed E-state index contributed by atoms with van der Waals surface area (Å²) in [6.45, 7) is 4.50. The molecule has 19 heavy (non-hydrogen) atoms. The predicted octanol–water partition coefficient (Wildman–Crippen LogP) is 1.25. The second-order valence-electron chi connectivity index (χ2n) is 5.41. The van der Waals surface area contributed by atoms with Crippen molar-refractivity contribution in [3.63, 3.8) is 0 Å². The second kappa shape index (κ2) is 6.70. The highest BCUT2D eigenvalue weighted by Gasteiger charge is 2.30. The number of carbonyl (C=O) groups excluding carboxylic acids is 1. The fourth-order valence-electron chi connectivity index (χ4n) is 2.89. The van der Waals surface area contributed by atoms with Gasteiger partial charge in [-0.05, 0) is 25.2 Å². The minimum Gasteiger partial charge on any atom is -0.338 e. The first kappa shape index (κ1) is 14.1. The van der Waals surface area contributed by atoms with Crippen LogP contribution in [-0.4, -0.2) is 39.5 Å². The number of likely N-dealkylation sites (tertiary alicyclic amines) is 1. The predicted molar refractivity (Wildman–Crippen MR) is 74.4 cm³/mol. The fourth-order valence-corrected chi connectivity index (χ4v) is 2.89. The van der Waals surface area contributed by atoms with Crippen LogP contribution in [0.25, 0.3) is 0 Å². The summed E-state index contributed by atoms with van der Waals surface area (Å²) in [7, 11) is 0. The van der Waals surface area contributed by atoms with Gasteiger partial charge in [-0.2, -0.15) is 0 Å². The van der Waals surface area contributed by atoms with Crippen molar-refractivity contribution < 1.29 is 4.79 Å². The third kappa shape index (κ3) is 3.56. The Kier molecular flexibility index (Phi) is 4.96. The van der Waals surface area contributed by atoms with Gasteiger partial charge in [0.1, 0.15) is 0 Å². The lowest BCUT2D eigenvalue weighted by atomic mass is 9.90. The molecule has 0 aromatic carbocycles.